The Morgan fingerprint density at radius 1 is 1.10 bits per heavy atom. The number of benzene rings is 1. The Morgan fingerprint density at radius 3 is 2.48 bits per heavy atom. The van der Waals surface area contributed by atoms with Crippen molar-refractivity contribution in [1.29, 1.82) is 0 Å². The summed E-state index contributed by atoms with van der Waals surface area (Å²) in [5.74, 6) is 0.755. The Hall–Kier alpha value is -2.63. The number of hydrogen-bond acceptors (Lipinski definition) is 6. The Kier molecular flexibility index (Phi) is 4.37. The van der Waals surface area contributed by atoms with Crippen molar-refractivity contribution >= 4 is 5.78 Å². The molecular weight excluding hydrogens is 272 g/mol. The summed E-state index contributed by atoms with van der Waals surface area (Å²) in [6.07, 6.45) is 1.38. The van der Waals surface area contributed by atoms with Gasteiger partial charge in [0.2, 0.25) is 17.5 Å². The topological polar surface area (TPSA) is 70.5 Å². The predicted molar refractivity (Wildman–Crippen MR) is 76.3 cm³/mol. The predicted octanol–water partition coefficient (Wildman–Crippen LogP) is 2.04. The van der Waals surface area contributed by atoms with Crippen molar-refractivity contribution in [2.75, 3.05) is 21.3 Å². The Morgan fingerprint density at radius 2 is 1.86 bits per heavy atom. The third kappa shape index (κ3) is 2.94. The van der Waals surface area contributed by atoms with Crippen molar-refractivity contribution in [2.45, 2.75) is 6.92 Å². The number of carbonyl (C=O) groups excluding carboxylic acids is 1. The third-order valence-corrected chi connectivity index (χ3v) is 3.01. The molecule has 6 nitrogen and oxygen atoms in total. The minimum atomic E-state index is -0.291. The summed E-state index contributed by atoms with van der Waals surface area (Å²) in [7, 11) is 4.45. The fourth-order valence-electron chi connectivity index (χ4n) is 1.85. The summed E-state index contributed by atoms with van der Waals surface area (Å²) >= 11 is 0. The fourth-order valence-corrected chi connectivity index (χ4v) is 1.85. The van der Waals surface area contributed by atoms with E-state index in [0.717, 1.165) is 5.56 Å². The number of ether oxygens (including phenoxy) is 3. The zero-order chi connectivity index (χ0) is 15.4. The maximum atomic E-state index is 12.5. The van der Waals surface area contributed by atoms with Gasteiger partial charge in [0.05, 0.1) is 27.5 Å². The molecule has 1 aromatic heterocycles. The van der Waals surface area contributed by atoms with Crippen molar-refractivity contribution in [1.82, 2.24) is 9.97 Å². The molecule has 0 aliphatic carbocycles. The van der Waals surface area contributed by atoms with Crippen LogP contribution < -0.4 is 14.2 Å². The van der Waals surface area contributed by atoms with Crippen LogP contribution in [0.2, 0.25) is 0 Å². The lowest BCUT2D eigenvalue weighted by Gasteiger charge is -2.09. The van der Waals surface area contributed by atoms with E-state index in [0.29, 0.717) is 11.3 Å². The van der Waals surface area contributed by atoms with E-state index < -0.39 is 0 Å². The normalized spacial score (nSPS) is 10.1. The summed E-state index contributed by atoms with van der Waals surface area (Å²) in [5.41, 5.74) is 1.53. The number of carbonyl (C=O) groups is 1. The molecule has 0 saturated heterocycles. The first-order chi connectivity index (χ1) is 10.1. The van der Waals surface area contributed by atoms with Gasteiger partial charge >= 0.3 is 0 Å². The van der Waals surface area contributed by atoms with Crippen molar-refractivity contribution in [3.8, 4) is 17.5 Å². The first kappa shape index (κ1) is 14.8. The molecule has 0 amide bonds. The summed E-state index contributed by atoms with van der Waals surface area (Å²) < 4.78 is 15.3. The third-order valence-electron chi connectivity index (χ3n) is 3.01. The Balaban J connectivity index is 2.44. The van der Waals surface area contributed by atoms with Gasteiger partial charge in [0.25, 0.3) is 0 Å². The lowest BCUT2D eigenvalue weighted by atomic mass is 10.1. The molecule has 21 heavy (non-hydrogen) atoms. The number of rotatable bonds is 5. The second kappa shape index (κ2) is 6.21. The summed E-state index contributed by atoms with van der Waals surface area (Å²) in [6.45, 7) is 1.90. The number of ketones is 1. The zero-order valence-electron chi connectivity index (χ0n) is 12.3. The number of hydrogen-bond donors (Lipinski definition) is 0. The number of nitrogens with zero attached hydrogens (tertiary/aromatic N) is 2. The highest BCUT2D eigenvalue weighted by molar-refractivity contribution is 6.09. The Bertz CT molecular complexity index is 671. The smallest absolute Gasteiger partial charge is 0.247 e. The van der Waals surface area contributed by atoms with Gasteiger partial charge in [-0.1, -0.05) is 12.1 Å². The van der Waals surface area contributed by atoms with Gasteiger partial charge in [0.15, 0.2) is 5.69 Å². The second-order valence-electron chi connectivity index (χ2n) is 4.28. The van der Waals surface area contributed by atoms with Crippen LogP contribution in [-0.2, 0) is 0 Å². The van der Waals surface area contributed by atoms with E-state index in [4.69, 9.17) is 14.2 Å². The van der Waals surface area contributed by atoms with Crippen LogP contribution in [0.15, 0.2) is 24.4 Å². The number of aryl methyl sites for hydroxylation is 1. The van der Waals surface area contributed by atoms with E-state index in [-0.39, 0.29) is 23.2 Å². The van der Waals surface area contributed by atoms with Crippen molar-refractivity contribution in [3.05, 3.63) is 41.2 Å². The molecule has 0 radical (unpaired) electrons. The Labute approximate surface area is 122 Å². The average Bonchev–Trinajstić information content (AvgIpc) is 2.54. The van der Waals surface area contributed by atoms with Gasteiger partial charge in [-0.25, -0.2) is 4.98 Å². The quantitative estimate of drug-likeness (QED) is 0.784. The van der Waals surface area contributed by atoms with Crippen LogP contribution in [0, 0.1) is 6.92 Å². The molecule has 0 saturated carbocycles. The van der Waals surface area contributed by atoms with Gasteiger partial charge in [-0.3, -0.25) is 4.79 Å². The van der Waals surface area contributed by atoms with Crippen molar-refractivity contribution in [2.24, 2.45) is 0 Å². The molecule has 0 spiro atoms. The first-order valence-corrected chi connectivity index (χ1v) is 6.25. The molecule has 0 N–H and O–H groups in total. The van der Waals surface area contributed by atoms with Crippen LogP contribution in [-0.4, -0.2) is 37.1 Å². The number of aromatic nitrogens is 2. The minimum Gasteiger partial charge on any atom is -0.496 e. The SMILES string of the molecule is COc1cnc(C(=O)c2ccc(C)c(OC)c2)c(OC)n1. The van der Waals surface area contributed by atoms with Crippen LogP contribution >= 0.6 is 0 Å². The van der Waals surface area contributed by atoms with Crippen LogP contribution in [0.3, 0.4) is 0 Å². The minimum absolute atomic E-state index is 0.124. The maximum Gasteiger partial charge on any atom is 0.247 e. The molecule has 2 rings (SSSR count). The maximum absolute atomic E-state index is 12.5. The molecule has 1 heterocycles. The monoisotopic (exact) mass is 288 g/mol. The number of methoxy groups -OCH3 is 3. The molecule has 0 atom stereocenters. The lowest BCUT2D eigenvalue weighted by molar-refractivity contribution is 0.102. The molecule has 110 valence electrons. The first-order valence-electron chi connectivity index (χ1n) is 6.25. The highest BCUT2D eigenvalue weighted by Crippen LogP contribution is 2.24. The molecular formula is C15H16N2O4. The van der Waals surface area contributed by atoms with E-state index in [2.05, 4.69) is 9.97 Å². The van der Waals surface area contributed by atoms with E-state index in [9.17, 15) is 4.79 Å². The van der Waals surface area contributed by atoms with Crippen LogP contribution in [0.4, 0.5) is 0 Å². The summed E-state index contributed by atoms with van der Waals surface area (Å²) in [6, 6.07) is 5.20. The van der Waals surface area contributed by atoms with Crippen molar-refractivity contribution < 1.29 is 19.0 Å². The largest absolute Gasteiger partial charge is 0.496 e. The van der Waals surface area contributed by atoms with Gasteiger partial charge in [0.1, 0.15) is 5.75 Å². The van der Waals surface area contributed by atoms with Gasteiger partial charge < -0.3 is 14.2 Å². The van der Waals surface area contributed by atoms with E-state index in [1.54, 1.807) is 19.2 Å². The van der Waals surface area contributed by atoms with Crippen LogP contribution in [0.1, 0.15) is 21.6 Å². The molecule has 6 heteroatoms. The molecule has 0 bridgehead atoms. The molecule has 2 aromatic rings. The van der Waals surface area contributed by atoms with Gasteiger partial charge in [0, 0.05) is 5.56 Å². The zero-order valence-corrected chi connectivity index (χ0v) is 12.3. The lowest BCUT2D eigenvalue weighted by Crippen LogP contribution is -2.09. The van der Waals surface area contributed by atoms with E-state index in [1.165, 1.54) is 20.4 Å². The highest BCUT2D eigenvalue weighted by atomic mass is 16.5. The highest BCUT2D eigenvalue weighted by Gasteiger charge is 2.19. The molecule has 1 aromatic carbocycles. The van der Waals surface area contributed by atoms with Crippen molar-refractivity contribution in [3.63, 3.8) is 0 Å². The standard InChI is InChI=1S/C15H16N2O4/c1-9-5-6-10(7-11(9)19-2)14(18)13-15(21-4)17-12(20-3)8-16-13/h5-8H,1-4H3. The molecule has 0 aliphatic rings. The molecule has 0 aliphatic heterocycles. The van der Waals surface area contributed by atoms with Gasteiger partial charge in [-0.2, -0.15) is 4.98 Å². The van der Waals surface area contributed by atoms with Crippen LogP contribution in [0.5, 0.6) is 17.5 Å². The summed E-state index contributed by atoms with van der Waals surface area (Å²) in [5, 5.41) is 0. The van der Waals surface area contributed by atoms with Gasteiger partial charge in [-0.15, -0.1) is 0 Å². The fraction of sp³-hybridized carbons (Fsp3) is 0.267. The van der Waals surface area contributed by atoms with Gasteiger partial charge in [-0.05, 0) is 18.6 Å². The van der Waals surface area contributed by atoms with E-state index in [1.807, 2.05) is 13.0 Å². The summed E-state index contributed by atoms with van der Waals surface area (Å²) in [4.78, 5) is 20.7. The van der Waals surface area contributed by atoms with Crippen LogP contribution in [0.25, 0.3) is 0 Å². The molecule has 0 unspecified atom stereocenters. The second-order valence-corrected chi connectivity index (χ2v) is 4.28. The molecule has 0 fully saturated rings. The average molecular weight is 288 g/mol. The van der Waals surface area contributed by atoms with E-state index >= 15 is 0 Å².